The summed E-state index contributed by atoms with van der Waals surface area (Å²) in [4.78, 5) is 14.6. The van der Waals surface area contributed by atoms with Crippen molar-refractivity contribution in [1.29, 1.82) is 5.26 Å². The van der Waals surface area contributed by atoms with E-state index in [0.29, 0.717) is 29.4 Å². The number of nitrogens with zero attached hydrogens (tertiary/aromatic N) is 5. The Balaban J connectivity index is 1.63. The highest BCUT2D eigenvalue weighted by Crippen LogP contribution is 2.34. The summed E-state index contributed by atoms with van der Waals surface area (Å²) in [5.41, 5.74) is 1.48. The van der Waals surface area contributed by atoms with Gasteiger partial charge in [-0.25, -0.2) is 4.39 Å². The quantitative estimate of drug-likeness (QED) is 0.472. The van der Waals surface area contributed by atoms with Crippen molar-refractivity contribution in [1.82, 2.24) is 19.7 Å². The minimum atomic E-state index is -0.737. The van der Waals surface area contributed by atoms with E-state index in [1.165, 1.54) is 17.8 Å². The van der Waals surface area contributed by atoms with Gasteiger partial charge >= 0.3 is 0 Å². The number of carbonyl (C=O) groups is 1. The van der Waals surface area contributed by atoms with E-state index in [-0.39, 0.29) is 17.5 Å². The van der Waals surface area contributed by atoms with Crippen molar-refractivity contribution in [2.24, 2.45) is 0 Å². The Hall–Kier alpha value is -3.18. The molecule has 2 aromatic carbocycles. The zero-order chi connectivity index (χ0) is 23.4. The van der Waals surface area contributed by atoms with Gasteiger partial charge in [0.2, 0.25) is 5.91 Å². The van der Waals surface area contributed by atoms with Crippen LogP contribution in [0, 0.1) is 24.1 Å². The second kappa shape index (κ2) is 9.75. The molecule has 1 aromatic heterocycles. The number of thioether (sulfide) groups is 1. The fraction of sp³-hybridized carbons (Fsp3) is 0.360. The summed E-state index contributed by atoms with van der Waals surface area (Å²) in [5.74, 6) is -0.0319. The number of rotatable bonds is 6. The fourth-order valence-corrected chi connectivity index (χ4v) is 5.09. The molecule has 0 atom stereocenters. The van der Waals surface area contributed by atoms with Gasteiger partial charge in [-0.1, -0.05) is 60.9 Å². The summed E-state index contributed by atoms with van der Waals surface area (Å²) in [6, 6.07) is 16.6. The molecule has 3 aromatic rings. The predicted octanol–water partition coefficient (Wildman–Crippen LogP) is 5.16. The summed E-state index contributed by atoms with van der Waals surface area (Å²) in [5, 5.41) is 18.8. The first-order valence-corrected chi connectivity index (χ1v) is 12.0. The lowest BCUT2D eigenvalue weighted by Crippen LogP contribution is -2.50. The molecule has 0 saturated heterocycles. The third-order valence-electron chi connectivity index (χ3n) is 6.27. The molecule has 1 aliphatic rings. The van der Waals surface area contributed by atoms with Crippen molar-refractivity contribution in [2.75, 3.05) is 12.8 Å². The van der Waals surface area contributed by atoms with Crippen molar-refractivity contribution in [3.05, 3.63) is 59.9 Å². The van der Waals surface area contributed by atoms with Crippen LogP contribution in [0.5, 0.6) is 0 Å². The Kier molecular flexibility index (Phi) is 6.80. The Morgan fingerprint density at radius 2 is 1.85 bits per heavy atom. The lowest BCUT2D eigenvalue weighted by Gasteiger charge is -2.39. The molecule has 0 spiro atoms. The molecule has 1 aliphatic carbocycles. The SMILES string of the molecule is Cc1ccc(-n2c(SCC(=O)N(C)C3(C#N)CCCCC3)nnc2-c2ccccc2F)cc1. The molecule has 0 aliphatic heterocycles. The van der Waals surface area contributed by atoms with Gasteiger partial charge in [0.05, 0.1) is 17.4 Å². The molecule has 1 saturated carbocycles. The van der Waals surface area contributed by atoms with E-state index in [1.54, 1.807) is 34.7 Å². The van der Waals surface area contributed by atoms with Crippen LogP contribution < -0.4 is 0 Å². The van der Waals surface area contributed by atoms with Gasteiger partial charge in [0.25, 0.3) is 0 Å². The van der Waals surface area contributed by atoms with E-state index < -0.39 is 5.54 Å². The molecule has 1 amide bonds. The van der Waals surface area contributed by atoms with Crippen LogP contribution in [0.3, 0.4) is 0 Å². The van der Waals surface area contributed by atoms with E-state index in [9.17, 15) is 14.4 Å². The standard InChI is InChI=1S/C25H26FN5OS/c1-18-10-12-19(13-11-18)31-23(20-8-4-5-9-21(20)26)28-29-24(31)33-16-22(32)30(2)25(17-27)14-6-3-7-15-25/h4-5,8-13H,3,6-7,14-16H2,1-2H3. The van der Waals surface area contributed by atoms with Gasteiger partial charge in [-0.2, -0.15) is 5.26 Å². The molecule has 0 radical (unpaired) electrons. The number of carbonyl (C=O) groups excluding carboxylic acids is 1. The molecule has 0 unspecified atom stereocenters. The largest absolute Gasteiger partial charge is 0.326 e. The van der Waals surface area contributed by atoms with Crippen molar-refractivity contribution >= 4 is 17.7 Å². The average molecular weight is 464 g/mol. The molecule has 170 valence electrons. The van der Waals surface area contributed by atoms with Crippen molar-refractivity contribution in [2.45, 2.75) is 49.7 Å². The van der Waals surface area contributed by atoms with Crippen molar-refractivity contribution < 1.29 is 9.18 Å². The first-order chi connectivity index (χ1) is 15.9. The Bertz CT molecular complexity index is 1180. The molecule has 1 fully saturated rings. The molecular formula is C25H26FN5OS. The second-order valence-corrected chi connectivity index (χ2v) is 9.34. The van der Waals surface area contributed by atoms with E-state index in [1.807, 2.05) is 31.2 Å². The monoisotopic (exact) mass is 463 g/mol. The summed E-state index contributed by atoms with van der Waals surface area (Å²) in [6.45, 7) is 1.99. The van der Waals surface area contributed by atoms with Crippen LogP contribution in [0.1, 0.15) is 37.7 Å². The maximum Gasteiger partial charge on any atom is 0.234 e. The van der Waals surface area contributed by atoms with Crippen molar-refractivity contribution in [3.63, 3.8) is 0 Å². The number of benzene rings is 2. The zero-order valence-corrected chi connectivity index (χ0v) is 19.6. The minimum absolute atomic E-state index is 0.112. The molecule has 1 heterocycles. The van der Waals surface area contributed by atoms with Gasteiger partial charge in [-0.15, -0.1) is 10.2 Å². The molecule has 0 bridgehead atoms. The van der Waals surface area contributed by atoms with E-state index >= 15 is 0 Å². The topological polar surface area (TPSA) is 74.8 Å². The van der Waals surface area contributed by atoms with Crippen LogP contribution in [0.15, 0.2) is 53.7 Å². The summed E-state index contributed by atoms with van der Waals surface area (Å²) >= 11 is 1.24. The predicted molar refractivity (Wildman–Crippen MR) is 126 cm³/mol. The van der Waals surface area contributed by atoms with Gasteiger partial charge in [0.15, 0.2) is 11.0 Å². The molecule has 0 N–H and O–H groups in total. The van der Waals surface area contributed by atoms with Gasteiger partial charge in [0, 0.05) is 12.7 Å². The van der Waals surface area contributed by atoms with Gasteiger partial charge in [-0.3, -0.25) is 9.36 Å². The lowest BCUT2D eigenvalue weighted by molar-refractivity contribution is -0.131. The van der Waals surface area contributed by atoms with E-state index in [4.69, 9.17) is 0 Å². The highest BCUT2D eigenvalue weighted by Gasteiger charge is 2.38. The highest BCUT2D eigenvalue weighted by atomic mass is 32.2. The smallest absolute Gasteiger partial charge is 0.234 e. The summed E-state index contributed by atoms with van der Waals surface area (Å²) < 4.78 is 16.3. The average Bonchev–Trinajstić information content (AvgIpc) is 3.27. The van der Waals surface area contributed by atoms with Gasteiger partial charge in [-0.05, 0) is 44.0 Å². The molecular weight excluding hydrogens is 437 g/mol. The minimum Gasteiger partial charge on any atom is -0.326 e. The Morgan fingerprint density at radius 3 is 2.52 bits per heavy atom. The van der Waals surface area contributed by atoms with E-state index in [2.05, 4.69) is 16.3 Å². The third kappa shape index (κ3) is 4.64. The van der Waals surface area contributed by atoms with Crippen LogP contribution >= 0.6 is 11.8 Å². The molecule has 4 rings (SSSR count). The number of nitriles is 1. The van der Waals surface area contributed by atoms with E-state index in [0.717, 1.165) is 30.5 Å². The number of amides is 1. The summed E-state index contributed by atoms with van der Waals surface area (Å²) in [6.07, 6.45) is 4.40. The van der Waals surface area contributed by atoms with Crippen molar-refractivity contribution in [3.8, 4) is 23.1 Å². The second-order valence-electron chi connectivity index (χ2n) is 8.40. The van der Waals surface area contributed by atoms with Crippen LogP contribution in [0.2, 0.25) is 0 Å². The number of halogens is 1. The zero-order valence-electron chi connectivity index (χ0n) is 18.8. The Morgan fingerprint density at radius 1 is 1.15 bits per heavy atom. The third-order valence-corrected chi connectivity index (χ3v) is 7.18. The van der Waals surface area contributed by atoms with Gasteiger partial charge in [0.1, 0.15) is 11.4 Å². The normalized spacial score (nSPS) is 15.1. The van der Waals surface area contributed by atoms with Crippen LogP contribution in [-0.4, -0.2) is 43.9 Å². The Labute approximate surface area is 197 Å². The molecule has 33 heavy (non-hydrogen) atoms. The van der Waals surface area contributed by atoms with Crippen LogP contribution in [0.25, 0.3) is 17.1 Å². The van der Waals surface area contributed by atoms with Crippen LogP contribution in [0.4, 0.5) is 4.39 Å². The maximum atomic E-state index is 14.6. The highest BCUT2D eigenvalue weighted by molar-refractivity contribution is 7.99. The van der Waals surface area contributed by atoms with Crippen LogP contribution in [-0.2, 0) is 4.79 Å². The number of aromatic nitrogens is 3. The number of hydrogen-bond donors (Lipinski definition) is 0. The first kappa shape index (κ1) is 23.0. The number of aryl methyl sites for hydroxylation is 1. The lowest BCUT2D eigenvalue weighted by atomic mass is 9.81. The van der Waals surface area contributed by atoms with Gasteiger partial charge < -0.3 is 4.90 Å². The number of hydrogen-bond acceptors (Lipinski definition) is 5. The maximum absolute atomic E-state index is 14.6. The molecule has 8 heteroatoms. The fourth-order valence-electron chi connectivity index (χ4n) is 4.23. The summed E-state index contributed by atoms with van der Waals surface area (Å²) in [7, 11) is 1.72. The first-order valence-electron chi connectivity index (χ1n) is 11.0. The molecule has 6 nitrogen and oxygen atoms in total.